The summed E-state index contributed by atoms with van der Waals surface area (Å²) in [7, 11) is -3.76. The minimum Gasteiger partial charge on any atom is -0.352 e. The van der Waals surface area contributed by atoms with E-state index < -0.39 is 10.0 Å². The van der Waals surface area contributed by atoms with Gasteiger partial charge in [-0.25, -0.2) is 13.1 Å². The molecule has 0 fully saturated rings. The molecule has 0 radical (unpaired) electrons. The maximum Gasteiger partial charge on any atom is 0.251 e. The normalized spacial score (nSPS) is 10.9. The number of hydrogen-bond donors (Lipinski definition) is 2. The lowest BCUT2D eigenvalue weighted by Crippen LogP contribution is -2.24. The van der Waals surface area contributed by atoms with E-state index in [9.17, 15) is 13.2 Å². The van der Waals surface area contributed by atoms with Gasteiger partial charge in [0.1, 0.15) is 6.07 Å². The van der Waals surface area contributed by atoms with Crippen molar-refractivity contribution in [1.29, 1.82) is 5.26 Å². The predicted octanol–water partition coefficient (Wildman–Crippen LogP) is 2.44. The number of hydrogen-bond acceptors (Lipinski definition) is 4. The standard InChI is InChI=1S/C17H16ClN3O3S/c1-2-20-17(22)13-5-3-12(4-6-13)11-21-25(23,24)15-8-7-14(10-19)16(18)9-15/h3-9,21H,2,11H2,1H3,(H,20,22). The average molecular weight is 378 g/mol. The number of amides is 1. The Kier molecular flexibility index (Phi) is 6.15. The van der Waals surface area contributed by atoms with Crippen molar-refractivity contribution in [1.82, 2.24) is 10.0 Å². The number of carbonyl (C=O) groups is 1. The molecule has 0 spiro atoms. The molecule has 0 atom stereocenters. The number of rotatable bonds is 6. The van der Waals surface area contributed by atoms with E-state index in [1.807, 2.05) is 13.0 Å². The molecule has 2 aromatic carbocycles. The molecule has 2 rings (SSSR count). The van der Waals surface area contributed by atoms with Gasteiger partial charge in [-0.05, 0) is 42.8 Å². The second kappa shape index (κ2) is 8.12. The highest BCUT2D eigenvalue weighted by molar-refractivity contribution is 7.89. The van der Waals surface area contributed by atoms with E-state index in [1.165, 1.54) is 18.2 Å². The quantitative estimate of drug-likeness (QED) is 0.807. The van der Waals surface area contributed by atoms with E-state index >= 15 is 0 Å². The third-order valence-corrected chi connectivity index (χ3v) is 5.10. The van der Waals surface area contributed by atoms with Gasteiger partial charge in [-0.2, -0.15) is 5.26 Å². The van der Waals surface area contributed by atoms with Crippen molar-refractivity contribution in [3.63, 3.8) is 0 Å². The highest BCUT2D eigenvalue weighted by Crippen LogP contribution is 2.20. The van der Waals surface area contributed by atoms with Crippen molar-refractivity contribution in [2.24, 2.45) is 0 Å². The molecule has 0 aromatic heterocycles. The maximum atomic E-state index is 12.3. The Morgan fingerprint density at radius 3 is 2.44 bits per heavy atom. The Morgan fingerprint density at radius 2 is 1.88 bits per heavy atom. The van der Waals surface area contributed by atoms with Crippen molar-refractivity contribution in [3.05, 3.63) is 64.2 Å². The molecule has 0 saturated carbocycles. The lowest BCUT2D eigenvalue weighted by molar-refractivity contribution is 0.0956. The molecule has 25 heavy (non-hydrogen) atoms. The van der Waals surface area contributed by atoms with Crippen LogP contribution in [0, 0.1) is 11.3 Å². The summed E-state index contributed by atoms with van der Waals surface area (Å²) in [5, 5.41) is 11.6. The smallest absolute Gasteiger partial charge is 0.251 e. The van der Waals surface area contributed by atoms with Crippen LogP contribution in [0.5, 0.6) is 0 Å². The van der Waals surface area contributed by atoms with Crippen molar-refractivity contribution in [3.8, 4) is 6.07 Å². The molecule has 1 amide bonds. The zero-order valence-corrected chi connectivity index (χ0v) is 15.0. The second-order valence-corrected chi connectivity index (χ2v) is 7.31. The summed E-state index contributed by atoms with van der Waals surface area (Å²) in [6.07, 6.45) is 0. The Balaban J connectivity index is 2.08. The molecule has 0 saturated heterocycles. The minimum atomic E-state index is -3.76. The van der Waals surface area contributed by atoms with Crippen LogP contribution in [0.1, 0.15) is 28.4 Å². The molecule has 130 valence electrons. The molecule has 0 bridgehead atoms. The number of nitrogens with zero attached hydrogens (tertiary/aromatic N) is 1. The lowest BCUT2D eigenvalue weighted by Gasteiger charge is -2.08. The first-order chi connectivity index (χ1) is 11.9. The number of halogens is 1. The van der Waals surface area contributed by atoms with Crippen LogP contribution in [0.3, 0.4) is 0 Å². The Labute approximate surface area is 151 Å². The molecule has 6 nitrogen and oxygen atoms in total. The van der Waals surface area contributed by atoms with Gasteiger partial charge in [0.2, 0.25) is 10.0 Å². The lowest BCUT2D eigenvalue weighted by atomic mass is 10.1. The fourth-order valence-corrected chi connectivity index (χ4v) is 3.38. The molecule has 2 N–H and O–H groups in total. The zero-order valence-electron chi connectivity index (χ0n) is 13.4. The van der Waals surface area contributed by atoms with Gasteiger partial charge in [0.25, 0.3) is 5.91 Å². The van der Waals surface area contributed by atoms with Gasteiger partial charge in [-0.15, -0.1) is 0 Å². The fourth-order valence-electron chi connectivity index (χ4n) is 2.05. The van der Waals surface area contributed by atoms with Crippen LogP contribution >= 0.6 is 11.6 Å². The summed E-state index contributed by atoms with van der Waals surface area (Å²) in [6.45, 7) is 2.43. The zero-order chi connectivity index (χ0) is 18.4. The van der Waals surface area contributed by atoms with E-state index in [2.05, 4.69) is 10.0 Å². The van der Waals surface area contributed by atoms with Crippen LogP contribution in [0.4, 0.5) is 0 Å². The van der Waals surface area contributed by atoms with Gasteiger partial charge in [-0.1, -0.05) is 23.7 Å². The maximum absolute atomic E-state index is 12.3. The van der Waals surface area contributed by atoms with Gasteiger partial charge < -0.3 is 5.32 Å². The van der Waals surface area contributed by atoms with Crippen LogP contribution in [0.25, 0.3) is 0 Å². The van der Waals surface area contributed by atoms with E-state index in [4.69, 9.17) is 16.9 Å². The fraction of sp³-hybridized carbons (Fsp3) is 0.176. The van der Waals surface area contributed by atoms with Crippen molar-refractivity contribution >= 4 is 27.5 Å². The number of nitriles is 1. The molecule has 0 unspecified atom stereocenters. The van der Waals surface area contributed by atoms with Crippen LogP contribution in [-0.4, -0.2) is 20.9 Å². The van der Waals surface area contributed by atoms with Gasteiger partial charge in [0.15, 0.2) is 0 Å². The highest BCUT2D eigenvalue weighted by Gasteiger charge is 2.15. The summed E-state index contributed by atoms with van der Waals surface area (Å²) in [4.78, 5) is 11.7. The van der Waals surface area contributed by atoms with Crippen molar-refractivity contribution in [2.75, 3.05) is 6.54 Å². The number of carbonyl (C=O) groups excluding carboxylic acids is 1. The van der Waals surface area contributed by atoms with Crippen LogP contribution < -0.4 is 10.0 Å². The van der Waals surface area contributed by atoms with Crippen molar-refractivity contribution < 1.29 is 13.2 Å². The number of nitrogens with one attached hydrogen (secondary N) is 2. The SMILES string of the molecule is CCNC(=O)c1ccc(CNS(=O)(=O)c2ccc(C#N)c(Cl)c2)cc1. The van der Waals surface area contributed by atoms with E-state index in [0.717, 1.165) is 0 Å². The summed E-state index contributed by atoms with van der Waals surface area (Å²) in [5.41, 5.74) is 1.42. The van der Waals surface area contributed by atoms with E-state index in [1.54, 1.807) is 24.3 Å². The van der Waals surface area contributed by atoms with Gasteiger partial charge >= 0.3 is 0 Å². The van der Waals surface area contributed by atoms with Gasteiger partial charge in [0, 0.05) is 18.7 Å². The monoisotopic (exact) mass is 377 g/mol. The largest absolute Gasteiger partial charge is 0.352 e. The first-order valence-electron chi connectivity index (χ1n) is 7.44. The molecule has 0 aliphatic heterocycles. The van der Waals surface area contributed by atoms with Crippen LogP contribution in [0.2, 0.25) is 5.02 Å². The Hall–Kier alpha value is -2.40. The van der Waals surface area contributed by atoms with Crippen molar-refractivity contribution in [2.45, 2.75) is 18.4 Å². The van der Waals surface area contributed by atoms with E-state index in [-0.39, 0.29) is 27.9 Å². The topological polar surface area (TPSA) is 99.1 Å². The first-order valence-corrected chi connectivity index (χ1v) is 9.30. The van der Waals surface area contributed by atoms with Gasteiger partial charge in [-0.3, -0.25) is 4.79 Å². The summed E-state index contributed by atoms with van der Waals surface area (Å²) >= 11 is 5.87. The summed E-state index contributed by atoms with van der Waals surface area (Å²) in [5.74, 6) is -0.179. The highest BCUT2D eigenvalue weighted by atomic mass is 35.5. The summed E-state index contributed by atoms with van der Waals surface area (Å²) in [6, 6.07) is 12.4. The first kappa shape index (κ1) is 18.9. The molecule has 0 heterocycles. The molecule has 0 aliphatic rings. The molecule has 0 aliphatic carbocycles. The third-order valence-electron chi connectivity index (χ3n) is 3.39. The summed E-state index contributed by atoms with van der Waals surface area (Å²) < 4.78 is 27.1. The van der Waals surface area contributed by atoms with Gasteiger partial charge in [0.05, 0.1) is 15.5 Å². The minimum absolute atomic E-state index is 0.0181. The molecular formula is C17H16ClN3O3S. The second-order valence-electron chi connectivity index (χ2n) is 5.13. The van der Waals surface area contributed by atoms with Crippen LogP contribution in [0.15, 0.2) is 47.4 Å². The Bertz CT molecular complexity index is 919. The molecular weight excluding hydrogens is 362 g/mol. The average Bonchev–Trinajstić information content (AvgIpc) is 2.60. The number of benzene rings is 2. The Morgan fingerprint density at radius 1 is 1.20 bits per heavy atom. The number of sulfonamides is 1. The molecule has 2 aromatic rings. The van der Waals surface area contributed by atoms with E-state index in [0.29, 0.717) is 17.7 Å². The third kappa shape index (κ3) is 4.79. The predicted molar refractivity (Wildman–Crippen MR) is 94.6 cm³/mol. The van der Waals surface area contributed by atoms with Crippen LogP contribution in [-0.2, 0) is 16.6 Å². The molecule has 8 heteroatoms.